The summed E-state index contributed by atoms with van der Waals surface area (Å²) in [4.78, 5) is 47.4. The first-order chi connectivity index (χ1) is 15.4. The van der Waals surface area contributed by atoms with E-state index in [-0.39, 0.29) is 17.1 Å². The molecule has 32 heavy (non-hydrogen) atoms. The molecule has 1 spiro atoms. The Bertz CT molecular complexity index is 1410. The van der Waals surface area contributed by atoms with Crippen molar-refractivity contribution < 1.29 is 9.59 Å². The van der Waals surface area contributed by atoms with Gasteiger partial charge in [-0.15, -0.1) is 0 Å². The molecule has 3 aromatic rings. The molecule has 1 saturated heterocycles. The summed E-state index contributed by atoms with van der Waals surface area (Å²) in [5.41, 5.74) is 1.99. The lowest BCUT2D eigenvalue weighted by Crippen LogP contribution is -2.69. The summed E-state index contributed by atoms with van der Waals surface area (Å²) >= 11 is 5.06. The number of amides is 2. The maximum atomic E-state index is 13.6. The maximum Gasteiger partial charge on any atom is 0.263 e. The number of aryl methyl sites for hydroxylation is 1. The van der Waals surface area contributed by atoms with Crippen molar-refractivity contribution in [1.82, 2.24) is 20.0 Å². The monoisotopic (exact) mass is 445 g/mol. The number of benzene rings is 1. The molecule has 0 aliphatic carbocycles. The van der Waals surface area contributed by atoms with E-state index in [1.54, 1.807) is 12.3 Å². The van der Waals surface area contributed by atoms with Crippen LogP contribution in [-0.4, -0.2) is 32.9 Å². The van der Waals surface area contributed by atoms with Crippen molar-refractivity contribution in [3.63, 3.8) is 0 Å². The SMILES string of the molecule is Cc1cccn2c(=O)c3c(nc12)N1CCc2ccccc2C1C1(C3)C(=O)NC(=S)NC1=O. The van der Waals surface area contributed by atoms with Crippen molar-refractivity contribution in [2.24, 2.45) is 5.41 Å². The number of anilines is 1. The highest BCUT2D eigenvalue weighted by Crippen LogP contribution is 2.51. The van der Waals surface area contributed by atoms with E-state index in [9.17, 15) is 14.4 Å². The predicted molar refractivity (Wildman–Crippen MR) is 121 cm³/mol. The molecule has 6 rings (SSSR count). The number of rotatable bonds is 0. The smallest absolute Gasteiger partial charge is 0.263 e. The van der Waals surface area contributed by atoms with Gasteiger partial charge in [-0.25, -0.2) is 4.98 Å². The zero-order chi connectivity index (χ0) is 22.2. The van der Waals surface area contributed by atoms with E-state index in [0.717, 1.165) is 23.1 Å². The minimum Gasteiger partial charge on any atom is -0.347 e. The third-order valence-corrected chi connectivity index (χ3v) is 7.07. The molecule has 2 aromatic heterocycles. The molecule has 3 aliphatic rings. The maximum absolute atomic E-state index is 13.6. The quantitative estimate of drug-likeness (QED) is 0.399. The average molecular weight is 446 g/mol. The van der Waals surface area contributed by atoms with Crippen LogP contribution >= 0.6 is 12.2 Å². The molecule has 2 amide bonds. The zero-order valence-electron chi connectivity index (χ0n) is 17.2. The highest BCUT2D eigenvalue weighted by molar-refractivity contribution is 7.80. The van der Waals surface area contributed by atoms with Gasteiger partial charge in [0.1, 0.15) is 11.5 Å². The largest absolute Gasteiger partial charge is 0.347 e. The van der Waals surface area contributed by atoms with Crippen molar-refractivity contribution in [2.75, 3.05) is 11.4 Å². The first-order valence-corrected chi connectivity index (χ1v) is 10.8. The lowest BCUT2D eigenvalue weighted by atomic mass is 9.65. The van der Waals surface area contributed by atoms with Gasteiger partial charge < -0.3 is 15.5 Å². The molecule has 0 radical (unpaired) electrons. The van der Waals surface area contributed by atoms with Crippen LogP contribution < -0.4 is 21.1 Å². The molecular formula is C23H19N5O3S. The number of nitrogens with one attached hydrogen (secondary N) is 2. The summed E-state index contributed by atoms with van der Waals surface area (Å²) < 4.78 is 1.49. The first-order valence-electron chi connectivity index (χ1n) is 10.4. The van der Waals surface area contributed by atoms with Gasteiger partial charge in [-0.05, 0) is 48.3 Å². The summed E-state index contributed by atoms with van der Waals surface area (Å²) in [6.07, 6.45) is 2.33. The zero-order valence-corrected chi connectivity index (χ0v) is 18.0. The van der Waals surface area contributed by atoms with Crippen LogP contribution in [0.5, 0.6) is 0 Å². The van der Waals surface area contributed by atoms with Crippen LogP contribution in [0.1, 0.15) is 28.3 Å². The van der Waals surface area contributed by atoms with Crippen LogP contribution in [0, 0.1) is 12.3 Å². The molecule has 3 aliphatic heterocycles. The summed E-state index contributed by atoms with van der Waals surface area (Å²) in [5.74, 6) is -0.433. The Morgan fingerprint density at radius 1 is 1.09 bits per heavy atom. The number of hydrogen-bond donors (Lipinski definition) is 2. The fourth-order valence-electron chi connectivity index (χ4n) is 5.39. The van der Waals surface area contributed by atoms with Crippen molar-refractivity contribution >= 4 is 40.6 Å². The molecule has 1 atom stereocenters. The molecule has 5 heterocycles. The van der Waals surface area contributed by atoms with Crippen molar-refractivity contribution in [3.05, 3.63) is 75.2 Å². The fraction of sp³-hybridized carbons (Fsp3) is 0.261. The van der Waals surface area contributed by atoms with Gasteiger partial charge >= 0.3 is 0 Å². The van der Waals surface area contributed by atoms with E-state index in [4.69, 9.17) is 17.2 Å². The van der Waals surface area contributed by atoms with Crippen LogP contribution in [0.15, 0.2) is 47.4 Å². The van der Waals surface area contributed by atoms with Gasteiger partial charge in [-0.3, -0.25) is 18.8 Å². The highest BCUT2D eigenvalue weighted by atomic mass is 32.1. The third kappa shape index (κ3) is 2.34. The summed E-state index contributed by atoms with van der Waals surface area (Å²) in [6.45, 7) is 2.44. The molecule has 0 bridgehead atoms. The van der Waals surface area contributed by atoms with Gasteiger partial charge in [0.2, 0.25) is 11.8 Å². The van der Waals surface area contributed by atoms with Gasteiger partial charge in [-0.1, -0.05) is 30.3 Å². The number of nitrogens with zero attached hydrogens (tertiary/aromatic N) is 3. The normalized spacial score (nSPS) is 21.0. The van der Waals surface area contributed by atoms with E-state index in [0.29, 0.717) is 23.6 Å². The Kier molecular flexibility index (Phi) is 3.86. The predicted octanol–water partition coefficient (Wildman–Crippen LogP) is 1.18. The van der Waals surface area contributed by atoms with E-state index in [1.807, 2.05) is 42.2 Å². The Balaban J connectivity index is 1.69. The van der Waals surface area contributed by atoms with Gasteiger partial charge in [0, 0.05) is 19.2 Å². The van der Waals surface area contributed by atoms with Gasteiger partial charge in [0.25, 0.3) is 5.56 Å². The molecule has 1 unspecified atom stereocenters. The molecule has 0 saturated carbocycles. The number of hydrogen-bond acceptors (Lipinski definition) is 6. The van der Waals surface area contributed by atoms with E-state index >= 15 is 0 Å². The van der Waals surface area contributed by atoms with Crippen molar-refractivity contribution in [1.29, 1.82) is 0 Å². The standard InChI is InChI=1S/C23H19N5O3S/c1-12-5-4-9-28-17(12)24-18-15(19(28)29)11-23(20(30)25-22(32)26-21(23)31)16-14-7-3-2-6-13(14)8-10-27(16)18/h2-7,9,16H,8,10-11H2,1H3,(H2,25,26,30,31,32). The number of thiocarbonyl (C=S) groups is 1. The lowest BCUT2D eigenvalue weighted by Gasteiger charge is -2.52. The highest BCUT2D eigenvalue weighted by Gasteiger charge is 2.61. The minimum atomic E-state index is -1.54. The van der Waals surface area contributed by atoms with E-state index in [1.165, 1.54) is 4.40 Å². The molecule has 160 valence electrons. The van der Waals surface area contributed by atoms with Gasteiger partial charge in [0.15, 0.2) is 10.5 Å². The average Bonchev–Trinajstić information content (AvgIpc) is 2.78. The Hall–Kier alpha value is -3.59. The second-order valence-electron chi connectivity index (χ2n) is 8.53. The van der Waals surface area contributed by atoms with E-state index < -0.39 is 23.3 Å². The first kappa shape index (κ1) is 19.1. The van der Waals surface area contributed by atoms with E-state index in [2.05, 4.69) is 10.6 Å². The number of carbonyl (C=O) groups is 2. The Morgan fingerprint density at radius 3 is 2.62 bits per heavy atom. The topological polar surface area (TPSA) is 95.8 Å². The molecule has 1 fully saturated rings. The third-order valence-electron chi connectivity index (χ3n) is 6.86. The lowest BCUT2D eigenvalue weighted by molar-refractivity contribution is -0.146. The fourth-order valence-corrected chi connectivity index (χ4v) is 5.58. The van der Waals surface area contributed by atoms with Crippen molar-refractivity contribution in [3.8, 4) is 0 Å². The molecular weight excluding hydrogens is 426 g/mol. The second-order valence-corrected chi connectivity index (χ2v) is 8.94. The second kappa shape index (κ2) is 6.46. The number of fused-ring (bicyclic) bond motifs is 7. The van der Waals surface area contributed by atoms with Gasteiger partial charge in [0.05, 0.1) is 11.6 Å². The van der Waals surface area contributed by atoms with Crippen LogP contribution in [0.4, 0.5) is 5.82 Å². The number of aromatic nitrogens is 2. The van der Waals surface area contributed by atoms with Crippen LogP contribution in [0.25, 0.3) is 5.65 Å². The summed E-state index contributed by atoms with van der Waals surface area (Å²) in [5, 5.41) is 5.25. The summed E-state index contributed by atoms with van der Waals surface area (Å²) in [7, 11) is 0. The molecule has 2 N–H and O–H groups in total. The van der Waals surface area contributed by atoms with Crippen LogP contribution in [0.3, 0.4) is 0 Å². The minimum absolute atomic E-state index is 0.0175. The van der Waals surface area contributed by atoms with Gasteiger partial charge in [-0.2, -0.15) is 0 Å². The molecule has 8 nitrogen and oxygen atoms in total. The Morgan fingerprint density at radius 2 is 1.84 bits per heavy atom. The number of carbonyl (C=O) groups excluding carboxylic acids is 2. The number of pyridine rings is 1. The molecule has 1 aromatic carbocycles. The Labute approximate surface area is 188 Å². The molecule has 9 heteroatoms. The van der Waals surface area contributed by atoms with Crippen LogP contribution in [0.2, 0.25) is 0 Å². The van der Waals surface area contributed by atoms with Crippen molar-refractivity contribution in [2.45, 2.75) is 25.8 Å². The summed E-state index contributed by atoms with van der Waals surface area (Å²) in [6, 6.07) is 10.9. The van der Waals surface area contributed by atoms with Crippen LogP contribution in [-0.2, 0) is 22.4 Å².